The number of carboxylic acid groups (broad SMARTS) is 1. The van der Waals surface area contributed by atoms with Crippen LogP contribution in [0.25, 0.3) is 0 Å². The Morgan fingerprint density at radius 2 is 2.00 bits per heavy atom. The molecule has 0 aliphatic carbocycles. The smallest absolute Gasteiger partial charge is 0.326 e. The first-order valence-corrected chi connectivity index (χ1v) is 6.63. The summed E-state index contributed by atoms with van der Waals surface area (Å²) in [4.78, 5) is 37.3. The highest BCUT2D eigenvalue weighted by molar-refractivity contribution is 5.87. The fourth-order valence-electron chi connectivity index (χ4n) is 2.18. The minimum absolute atomic E-state index is 0.0137. The van der Waals surface area contributed by atoms with Crippen molar-refractivity contribution in [3.8, 4) is 0 Å². The molecule has 2 atom stereocenters. The SMILES string of the molecule is CCNC(=O)CN(CC)C(=O)N1C[C@H](O)C[C@@H]1C(=O)O. The van der Waals surface area contributed by atoms with Crippen molar-refractivity contribution in [1.29, 1.82) is 0 Å². The molecular weight excluding hydrogens is 266 g/mol. The van der Waals surface area contributed by atoms with E-state index < -0.39 is 24.1 Å². The number of likely N-dealkylation sites (N-methyl/N-ethyl adjacent to an activating group) is 2. The Labute approximate surface area is 117 Å². The Kier molecular flexibility index (Phi) is 5.75. The van der Waals surface area contributed by atoms with E-state index in [0.29, 0.717) is 6.54 Å². The maximum atomic E-state index is 12.3. The Morgan fingerprint density at radius 3 is 2.50 bits per heavy atom. The fourth-order valence-corrected chi connectivity index (χ4v) is 2.18. The lowest BCUT2D eigenvalue weighted by atomic mass is 10.2. The maximum Gasteiger partial charge on any atom is 0.326 e. The van der Waals surface area contributed by atoms with Crippen LogP contribution in [0.15, 0.2) is 0 Å². The van der Waals surface area contributed by atoms with E-state index in [0.717, 1.165) is 4.90 Å². The fraction of sp³-hybridized carbons (Fsp3) is 0.750. The second-order valence-electron chi connectivity index (χ2n) is 4.65. The van der Waals surface area contributed by atoms with E-state index in [-0.39, 0.29) is 32.0 Å². The van der Waals surface area contributed by atoms with Crippen LogP contribution in [0.1, 0.15) is 20.3 Å². The van der Waals surface area contributed by atoms with Gasteiger partial charge in [0, 0.05) is 26.1 Å². The first kappa shape index (κ1) is 16.2. The average molecular weight is 287 g/mol. The Balaban J connectivity index is 2.74. The molecule has 0 unspecified atom stereocenters. The van der Waals surface area contributed by atoms with E-state index in [1.807, 2.05) is 0 Å². The van der Waals surface area contributed by atoms with Gasteiger partial charge in [0.05, 0.1) is 6.10 Å². The number of aliphatic hydroxyl groups excluding tert-OH is 1. The molecule has 20 heavy (non-hydrogen) atoms. The molecule has 0 radical (unpaired) electrons. The van der Waals surface area contributed by atoms with Crippen molar-refractivity contribution in [2.75, 3.05) is 26.2 Å². The van der Waals surface area contributed by atoms with E-state index >= 15 is 0 Å². The number of aliphatic carboxylic acids is 1. The van der Waals surface area contributed by atoms with Crippen LogP contribution in [-0.2, 0) is 9.59 Å². The molecule has 3 amide bonds. The summed E-state index contributed by atoms with van der Waals surface area (Å²) in [6, 6.07) is -1.58. The highest BCUT2D eigenvalue weighted by Gasteiger charge is 2.40. The molecule has 1 rings (SSSR count). The molecule has 0 aromatic rings. The van der Waals surface area contributed by atoms with Crippen molar-refractivity contribution < 1.29 is 24.6 Å². The third-order valence-corrected chi connectivity index (χ3v) is 3.17. The van der Waals surface area contributed by atoms with Crippen LogP contribution in [0.2, 0.25) is 0 Å². The van der Waals surface area contributed by atoms with Crippen molar-refractivity contribution in [3.05, 3.63) is 0 Å². The number of carbonyl (C=O) groups is 3. The van der Waals surface area contributed by atoms with E-state index in [1.165, 1.54) is 4.90 Å². The number of likely N-dealkylation sites (tertiary alicyclic amines) is 1. The monoisotopic (exact) mass is 287 g/mol. The van der Waals surface area contributed by atoms with Gasteiger partial charge < -0.3 is 25.3 Å². The number of nitrogens with zero attached hydrogens (tertiary/aromatic N) is 2. The van der Waals surface area contributed by atoms with E-state index in [4.69, 9.17) is 5.11 Å². The van der Waals surface area contributed by atoms with Crippen molar-refractivity contribution in [1.82, 2.24) is 15.1 Å². The lowest BCUT2D eigenvalue weighted by Crippen LogP contribution is -2.50. The summed E-state index contributed by atoms with van der Waals surface area (Å²) in [5.74, 6) is -1.45. The van der Waals surface area contributed by atoms with Crippen LogP contribution in [0.4, 0.5) is 4.79 Å². The predicted molar refractivity (Wildman–Crippen MR) is 70.1 cm³/mol. The number of β-amino-alcohol motifs (C(OH)–C–C–N with tert-alkyl or cyclic N) is 1. The first-order chi connectivity index (χ1) is 9.40. The summed E-state index contributed by atoms with van der Waals surface area (Å²) in [5, 5.41) is 21.2. The quantitative estimate of drug-likeness (QED) is 0.606. The molecule has 1 aliphatic rings. The van der Waals surface area contributed by atoms with Gasteiger partial charge in [-0.2, -0.15) is 0 Å². The van der Waals surface area contributed by atoms with Gasteiger partial charge in [0.1, 0.15) is 12.6 Å². The molecule has 8 heteroatoms. The van der Waals surface area contributed by atoms with Gasteiger partial charge in [-0.05, 0) is 13.8 Å². The highest BCUT2D eigenvalue weighted by Crippen LogP contribution is 2.19. The Bertz CT molecular complexity index is 387. The second-order valence-corrected chi connectivity index (χ2v) is 4.65. The molecule has 0 saturated carbocycles. The van der Waals surface area contributed by atoms with E-state index in [2.05, 4.69) is 5.32 Å². The molecule has 8 nitrogen and oxygen atoms in total. The van der Waals surface area contributed by atoms with Crippen LogP contribution in [0.3, 0.4) is 0 Å². The van der Waals surface area contributed by atoms with Crippen LogP contribution in [-0.4, -0.2) is 76.2 Å². The van der Waals surface area contributed by atoms with Crippen molar-refractivity contribution in [2.45, 2.75) is 32.4 Å². The summed E-state index contributed by atoms with van der Waals surface area (Å²) in [7, 11) is 0. The first-order valence-electron chi connectivity index (χ1n) is 6.63. The summed E-state index contributed by atoms with van der Waals surface area (Å²) >= 11 is 0. The van der Waals surface area contributed by atoms with Crippen LogP contribution >= 0.6 is 0 Å². The number of hydrogen-bond acceptors (Lipinski definition) is 4. The van der Waals surface area contributed by atoms with Crippen molar-refractivity contribution in [2.24, 2.45) is 0 Å². The molecule has 3 N–H and O–H groups in total. The number of carbonyl (C=O) groups excluding carboxylic acids is 2. The molecule has 1 aliphatic heterocycles. The summed E-state index contributed by atoms with van der Waals surface area (Å²) in [6.07, 6.45) is -0.831. The molecule has 1 fully saturated rings. The number of amides is 3. The van der Waals surface area contributed by atoms with Gasteiger partial charge in [-0.3, -0.25) is 4.79 Å². The van der Waals surface area contributed by atoms with Gasteiger partial charge >= 0.3 is 12.0 Å². The average Bonchev–Trinajstić information content (AvgIpc) is 2.78. The molecule has 0 aromatic carbocycles. The third-order valence-electron chi connectivity index (χ3n) is 3.17. The zero-order valence-electron chi connectivity index (χ0n) is 11.7. The lowest BCUT2D eigenvalue weighted by molar-refractivity contribution is -0.141. The van der Waals surface area contributed by atoms with Crippen LogP contribution < -0.4 is 5.32 Å². The zero-order chi connectivity index (χ0) is 15.3. The van der Waals surface area contributed by atoms with Crippen molar-refractivity contribution in [3.63, 3.8) is 0 Å². The molecule has 1 heterocycles. The molecule has 0 bridgehead atoms. The Morgan fingerprint density at radius 1 is 1.35 bits per heavy atom. The van der Waals surface area contributed by atoms with Gasteiger partial charge in [-0.15, -0.1) is 0 Å². The molecule has 0 aromatic heterocycles. The predicted octanol–water partition coefficient (Wildman–Crippen LogP) is -0.916. The van der Waals surface area contributed by atoms with E-state index in [1.54, 1.807) is 13.8 Å². The number of urea groups is 1. The Hall–Kier alpha value is -1.83. The number of nitrogens with one attached hydrogen (secondary N) is 1. The van der Waals surface area contributed by atoms with Gasteiger partial charge in [-0.1, -0.05) is 0 Å². The zero-order valence-corrected chi connectivity index (χ0v) is 11.7. The number of carboxylic acids is 1. The van der Waals surface area contributed by atoms with Crippen LogP contribution in [0.5, 0.6) is 0 Å². The minimum atomic E-state index is -1.15. The number of rotatable bonds is 5. The third kappa shape index (κ3) is 3.83. The summed E-state index contributed by atoms with van der Waals surface area (Å²) in [6.45, 7) is 4.08. The topological polar surface area (TPSA) is 110 Å². The molecule has 114 valence electrons. The lowest BCUT2D eigenvalue weighted by Gasteiger charge is -2.29. The second kappa shape index (κ2) is 7.09. The van der Waals surface area contributed by atoms with Crippen molar-refractivity contribution >= 4 is 17.9 Å². The van der Waals surface area contributed by atoms with Gasteiger partial charge in [0.2, 0.25) is 5.91 Å². The minimum Gasteiger partial charge on any atom is -0.480 e. The largest absolute Gasteiger partial charge is 0.480 e. The standard InChI is InChI=1S/C12H21N3O5/c1-3-13-10(17)7-14(4-2)12(20)15-6-8(16)5-9(15)11(18)19/h8-9,16H,3-7H2,1-2H3,(H,13,17)(H,18,19)/t8-,9-/m1/s1. The van der Waals surface area contributed by atoms with Gasteiger partial charge in [0.15, 0.2) is 0 Å². The highest BCUT2D eigenvalue weighted by atomic mass is 16.4. The molecule has 0 spiro atoms. The molecule has 1 saturated heterocycles. The van der Waals surface area contributed by atoms with Gasteiger partial charge in [0.25, 0.3) is 0 Å². The van der Waals surface area contributed by atoms with E-state index in [9.17, 15) is 19.5 Å². The summed E-state index contributed by atoms with van der Waals surface area (Å²) in [5.41, 5.74) is 0. The van der Waals surface area contributed by atoms with Crippen LogP contribution in [0, 0.1) is 0 Å². The maximum absolute atomic E-state index is 12.3. The normalized spacial score (nSPS) is 21.6. The summed E-state index contributed by atoms with van der Waals surface area (Å²) < 4.78 is 0. The number of aliphatic hydroxyl groups is 1. The number of hydrogen-bond donors (Lipinski definition) is 3. The molecular formula is C12H21N3O5. The van der Waals surface area contributed by atoms with Gasteiger partial charge in [-0.25, -0.2) is 9.59 Å².